The number of sulfonamides is 1. The Morgan fingerprint density at radius 3 is 2.32 bits per heavy atom. The van der Waals surface area contributed by atoms with E-state index in [1.54, 1.807) is 46.9 Å². The van der Waals surface area contributed by atoms with Crippen LogP contribution in [0, 0.1) is 13.8 Å². The topological polar surface area (TPSA) is 92.5 Å². The normalized spacial score (nSPS) is 12.0. The lowest BCUT2D eigenvalue weighted by molar-refractivity contribution is -0.115. The highest BCUT2D eigenvalue weighted by Gasteiger charge is 2.23. The van der Waals surface area contributed by atoms with Gasteiger partial charge < -0.3 is 9.84 Å². The van der Waals surface area contributed by atoms with Crippen LogP contribution >= 0.6 is 0 Å². The average Bonchev–Trinajstić information content (AvgIpc) is 2.86. The van der Waals surface area contributed by atoms with Crippen LogP contribution in [0.3, 0.4) is 0 Å². The SMILES string of the molecule is Cc1noc(C)c1CC(=O)Nc1ccc(S(=O)(=O)N(C)C(C)C)cc1. The maximum atomic E-state index is 12.4. The molecule has 1 heterocycles. The molecule has 1 N–H and O–H groups in total. The summed E-state index contributed by atoms with van der Waals surface area (Å²) in [6, 6.07) is 5.98. The Labute approximate surface area is 148 Å². The molecule has 0 radical (unpaired) electrons. The Bertz CT molecular complexity index is 835. The van der Waals surface area contributed by atoms with Crippen LogP contribution in [0.1, 0.15) is 30.9 Å². The lowest BCUT2D eigenvalue weighted by Crippen LogP contribution is -2.33. The van der Waals surface area contributed by atoms with Crippen LogP contribution in [-0.2, 0) is 21.2 Å². The summed E-state index contributed by atoms with van der Waals surface area (Å²) in [5.41, 5.74) is 1.98. The number of anilines is 1. The fraction of sp³-hybridized carbons (Fsp3) is 0.412. The number of benzene rings is 1. The van der Waals surface area contributed by atoms with Crippen molar-refractivity contribution < 1.29 is 17.7 Å². The molecule has 7 nitrogen and oxygen atoms in total. The summed E-state index contributed by atoms with van der Waals surface area (Å²) in [5, 5.41) is 6.57. The van der Waals surface area contributed by atoms with Crippen molar-refractivity contribution in [3.8, 4) is 0 Å². The van der Waals surface area contributed by atoms with E-state index in [1.165, 1.54) is 16.4 Å². The number of aryl methyl sites for hydroxylation is 2. The van der Waals surface area contributed by atoms with Gasteiger partial charge in [-0.3, -0.25) is 4.79 Å². The van der Waals surface area contributed by atoms with Crippen molar-refractivity contribution >= 4 is 21.6 Å². The predicted octanol–water partition coefficient (Wildman–Crippen LogP) is 2.50. The first-order valence-electron chi connectivity index (χ1n) is 7.92. The quantitative estimate of drug-likeness (QED) is 0.849. The van der Waals surface area contributed by atoms with E-state index in [4.69, 9.17) is 4.52 Å². The molecule has 0 unspecified atom stereocenters. The number of hydrogen-bond acceptors (Lipinski definition) is 5. The maximum Gasteiger partial charge on any atom is 0.243 e. The summed E-state index contributed by atoms with van der Waals surface area (Å²) in [5.74, 6) is 0.398. The van der Waals surface area contributed by atoms with Crippen molar-refractivity contribution in [2.24, 2.45) is 0 Å². The van der Waals surface area contributed by atoms with Crippen molar-refractivity contribution in [3.63, 3.8) is 0 Å². The van der Waals surface area contributed by atoms with E-state index in [0.29, 0.717) is 17.1 Å². The van der Waals surface area contributed by atoms with Crippen molar-refractivity contribution in [1.82, 2.24) is 9.46 Å². The summed E-state index contributed by atoms with van der Waals surface area (Å²) < 4.78 is 31.2. The largest absolute Gasteiger partial charge is 0.361 e. The molecule has 1 aromatic heterocycles. The minimum atomic E-state index is -3.54. The second kappa shape index (κ2) is 7.37. The summed E-state index contributed by atoms with van der Waals surface area (Å²) in [6.45, 7) is 7.15. The smallest absolute Gasteiger partial charge is 0.243 e. The number of rotatable bonds is 6. The highest BCUT2D eigenvalue weighted by Crippen LogP contribution is 2.19. The molecule has 0 spiro atoms. The van der Waals surface area contributed by atoms with Crippen LogP contribution in [0.25, 0.3) is 0 Å². The first-order valence-corrected chi connectivity index (χ1v) is 9.36. The molecular weight excluding hydrogens is 342 g/mol. The predicted molar refractivity (Wildman–Crippen MR) is 94.8 cm³/mol. The molecule has 0 aliphatic rings. The fourth-order valence-electron chi connectivity index (χ4n) is 2.27. The second-order valence-electron chi connectivity index (χ2n) is 6.17. The van der Waals surface area contributed by atoms with Crippen molar-refractivity contribution in [2.45, 2.75) is 45.1 Å². The maximum absolute atomic E-state index is 12.4. The fourth-order valence-corrected chi connectivity index (χ4v) is 3.64. The number of carbonyl (C=O) groups is 1. The molecule has 8 heteroatoms. The van der Waals surface area contributed by atoms with Crippen LogP contribution in [0.2, 0.25) is 0 Å². The van der Waals surface area contributed by atoms with E-state index in [9.17, 15) is 13.2 Å². The zero-order valence-corrected chi connectivity index (χ0v) is 15.8. The Morgan fingerprint density at radius 2 is 1.84 bits per heavy atom. The number of hydrogen-bond donors (Lipinski definition) is 1. The van der Waals surface area contributed by atoms with Gasteiger partial charge in [0.05, 0.1) is 17.0 Å². The summed E-state index contributed by atoms with van der Waals surface area (Å²) >= 11 is 0. The molecule has 0 saturated heterocycles. The van der Waals surface area contributed by atoms with E-state index < -0.39 is 10.0 Å². The Kier molecular flexibility index (Phi) is 5.64. The van der Waals surface area contributed by atoms with Gasteiger partial charge in [0.25, 0.3) is 0 Å². The van der Waals surface area contributed by atoms with Gasteiger partial charge in [0.2, 0.25) is 15.9 Å². The van der Waals surface area contributed by atoms with E-state index in [1.807, 2.05) is 0 Å². The molecule has 1 aromatic carbocycles. The Hall–Kier alpha value is -2.19. The van der Waals surface area contributed by atoms with Gasteiger partial charge in [0.1, 0.15) is 5.76 Å². The standard InChI is InChI=1S/C17H23N3O4S/c1-11(2)20(5)25(22,23)15-8-6-14(7-9-15)18-17(21)10-16-12(3)19-24-13(16)4/h6-9,11H,10H2,1-5H3,(H,18,21). The number of nitrogens with zero attached hydrogens (tertiary/aromatic N) is 2. The van der Waals surface area contributed by atoms with E-state index in [2.05, 4.69) is 10.5 Å². The first-order chi connectivity index (χ1) is 11.6. The van der Waals surface area contributed by atoms with Crippen molar-refractivity contribution in [1.29, 1.82) is 0 Å². The van der Waals surface area contributed by atoms with Gasteiger partial charge in [-0.05, 0) is 52.0 Å². The summed E-state index contributed by atoms with van der Waals surface area (Å²) in [6.07, 6.45) is 0.150. The molecular formula is C17H23N3O4S. The van der Waals surface area contributed by atoms with Crippen molar-refractivity contribution in [3.05, 3.63) is 41.3 Å². The monoisotopic (exact) mass is 365 g/mol. The average molecular weight is 365 g/mol. The summed E-state index contributed by atoms with van der Waals surface area (Å²) in [4.78, 5) is 12.3. The molecule has 136 valence electrons. The van der Waals surface area contributed by atoms with Crippen molar-refractivity contribution in [2.75, 3.05) is 12.4 Å². The van der Waals surface area contributed by atoms with Crippen LogP contribution in [0.5, 0.6) is 0 Å². The lowest BCUT2D eigenvalue weighted by Gasteiger charge is -2.21. The van der Waals surface area contributed by atoms with Gasteiger partial charge in [-0.15, -0.1) is 0 Å². The second-order valence-corrected chi connectivity index (χ2v) is 8.16. The highest BCUT2D eigenvalue weighted by atomic mass is 32.2. The number of amides is 1. The molecule has 2 rings (SSSR count). The van der Waals surface area contributed by atoms with E-state index in [0.717, 1.165) is 5.56 Å². The first kappa shape index (κ1) is 19.1. The van der Waals surface area contributed by atoms with Crippen LogP contribution in [0.4, 0.5) is 5.69 Å². The molecule has 25 heavy (non-hydrogen) atoms. The van der Waals surface area contributed by atoms with Crippen LogP contribution in [0.15, 0.2) is 33.7 Å². The van der Waals surface area contributed by atoms with E-state index >= 15 is 0 Å². The molecule has 0 aliphatic heterocycles. The van der Waals surface area contributed by atoms with Gasteiger partial charge in [0.15, 0.2) is 0 Å². The van der Waals surface area contributed by atoms with Gasteiger partial charge in [0, 0.05) is 24.3 Å². The highest BCUT2D eigenvalue weighted by molar-refractivity contribution is 7.89. The van der Waals surface area contributed by atoms with E-state index in [-0.39, 0.29) is 23.3 Å². The van der Waals surface area contributed by atoms with Gasteiger partial charge in [-0.25, -0.2) is 8.42 Å². The zero-order valence-electron chi connectivity index (χ0n) is 15.0. The summed E-state index contributed by atoms with van der Waals surface area (Å²) in [7, 11) is -1.99. The zero-order chi connectivity index (χ0) is 18.8. The molecule has 0 bridgehead atoms. The van der Waals surface area contributed by atoms with Crippen LogP contribution in [-0.4, -0.2) is 36.9 Å². The van der Waals surface area contributed by atoms with Gasteiger partial charge in [-0.2, -0.15) is 4.31 Å². The lowest BCUT2D eigenvalue weighted by atomic mass is 10.1. The number of nitrogens with one attached hydrogen (secondary N) is 1. The molecule has 0 fully saturated rings. The molecule has 0 atom stereocenters. The number of aromatic nitrogens is 1. The van der Waals surface area contributed by atoms with Gasteiger partial charge >= 0.3 is 0 Å². The third-order valence-electron chi connectivity index (χ3n) is 4.06. The minimum Gasteiger partial charge on any atom is -0.361 e. The van der Waals surface area contributed by atoms with Gasteiger partial charge in [-0.1, -0.05) is 5.16 Å². The molecule has 1 amide bonds. The minimum absolute atomic E-state index is 0.139. The molecule has 0 aliphatic carbocycles. The Morgan fingerprint density at radius 1 is 1.24 bits per heavy atom. The number of carbonyl (C=O) groups excluding carboxylic acids is 1. The Balaban J connectivity index is 2.09. The molecule has 2 aromatic rings. The third-order valence-corrected chi connectivity index (χ3v) is 6.11. The molecule has 0 saturated carbocycles. The van der Waals surface area contributed by atoms with Crippen LogP contribution < -0.4 is 5.32 Å². The third kappa shape index (κ3) is 4.26.